The molecule has 0 radical (unpaired) electrons. The van der Waals surface area contributed by atoms with Gasteiger partial charge in [0.1, 0.15) is 5.82 Å². The maximum Gasteiger partial charge on any atom is 0.146 e. The highest BCUT2D eigenvalue weighted by atomic mass is 19.1. The third-order valence-electron chi connectivity index (χ3n) is 3.56. The standard InChI is InChI=1S/C13H18FN/c1-9-4-2-3-5-11(9)10-6-7-12(14)13(15)8-10/h6-9,11H,2-5,15H2,1H3/t9-,11-/m1/s1. The number of rotatable bonds is 1. The summed E-state index contributed by atoms with van der Waals surface area (Å²) in [7, 11) is 0. The third kappa shape index (κ3) is 2.14. The van der Waals surface area contributed by atoms with Crippen LogP contribution in [0.3, 0.4) is 0 Å². The zero-order valence-corrected chi connectivity index (χ0v) is 9.17. The molecule has 0 aromatic heterocycles. The molecule has 2 rings (SSSR count). The molecule has 2 heteroatoms. The van der Waals surface area contributed by atoms with Crippen molar-refractivity contribution in [1.29, 1.82) is 0 Å². The number of halogens is 1. The van der Waals surface area contributed by atoms with Crippen molar-refractivity contribution in [2.24, 2.45) is 5.92 Å². The lowest BCUT2D eigenvalue weighted by Gasteiger charge is -2.29. The van der Waals surface area contributed by atoms with Gasteiger partial charge in [0.05, 0.1) is 5.69 Å². The largest absolute Gasteiger partial charge is 0.396 e. The summed E-state index contributed by atoms with van der Waals surface area (Å²) in [5.74, 6) is 0.965. The quantitative estimate of drug-likeness (QED) is 0.698. The minimum atomic E-state index is -0.304. The highest BCUT2D eigenvalue weighted by molar-refractivity contribution is 5.43. The molecule has 0 aliphatic heterocycles. The van der Waals surface area contributed by atoms with Crippen LogP contribution in [0.1, 0.15) is 44.1 Å². The van der Waals surface area contributed by atoms with Crippen LogP contribution in [-0.4, -0.2) is 0 Å². The Bertz CT molecular complexity index is 348. The van der Waals surface area contributed by atoms with E-state index in [0.717, 1.165) is 0 Å². The topological polar surface area (TPSA) is 26.0 Å². The second-order valence-electron chi connectivity index (χ2n) is 4.65. The van der Waals surface area contributed by atoms with Crippen LogP contribution in [0, 0.1) is 11.7 Å². The van der Waals surface area contributed by atoms with Crippen LogP contribution < -0.4 is 5.73 Å². The first kappa shape index (κ1) is 10.5. The van der Waals surface area contributed by atoms with Crippen LogP contribution in [-0.2, 0) is 0 Å². The molecular formula is C13H18FN. The number of benzene rings is 1. The van der Waals surface area contributed by atoms with E-state index in [-0.39, 0.29) is 11.5 Å². The Kier molecular flexibility index (Phi) is 2.94. The molecule has 1 aromatic rings. The lowest BCUT2D eigenvalue weighted by Crippen LogP contribution is -2.15. The molecule has 1 aliphatic rings. The highest BCUT2D eigenvalue weighted by Gasteiger charge is 2.23. The van der Waals surface area contributed by atoms with Gasteiger partial charge >= 0.3 is 0 Å². The molecule has 15 heavy (non-hydrogen) atoms. The van der Waals surface area contributed by atoms with Crippen LogP contribution in [0.2, 0.25) is 0 Å². The summed E-state index contributed by atoms with van der Waals surface area (Å²) in [6.45, 7) is 2.28. The van der Waals surface area contributed by atoms with Gasteiger partial charge < -0.3 is 5.73 Å². The van der Waals surface area contributed by atoms with E-state index < -0.39 is 0 Å². The molecule has 0 amide bonds. The Balaban J connectivity index is 2.24. The smallest absolute Gasteiger partial charge is 0.146 e. The molecule has 2 atom stereocenters. The highest BCUT2D eigenvalue weighted by Crippen LogP contribution is 2.38. The first-order valence-electron chi connectivity index (χ1n) is 5.73. The van der Waals surface area contributed by atoms with Gasteiger partial charge in [-0.2, -0.15) is 0 Å². The second kappa shape index (κ2) is 4.21. The fourth-order valence-electron chi connectivity index (χ4n) is 2.60. The Labute approximate surface area is 90.5 Å². The van der Waals surface area contributed by atoms with Crippen molar-refractivity contribution in [3.63, 3.8) is 0 Å². The molecule has 0 spiro atoms. The van der Waals surface area contributed by atoms with Crippen LogP contribution in [0.25, 0.3) is 0 Å². The average Bonchev–Trinajstić information content (AvgIpc) is 2.23. The first-order valence-corrected chi connectivity index (χ1v) is 5.73. The summed E-state index contributed by atoms with van der Waals surface area (Å²) >= 11 is 0. The van der Waals surface area contributed by atoms with Gasteiger partial charge in [0, 0.05) is 0 Å². The van der Waals surface area contributed by atoms with Crippen molar-refractivity contribution in [1.82, 2.24) is 0 Å². The lowest BCUT2D eigenvalue weighted by atomic mass is 9.76. The predicted molar refractivity (Wildman–Crippen MR) is 61.2 cm³/mol. The van der Waals surface area contributed by atoms with E-state index in [4.69, 9.17) is 5.73 Å². The minimum absolute atomic E-state index is 0.283. The van der Waals surface area contributed by atoms with Crippen LogP contribution in [0.5, 0.6) is 0 Å². The first-order chi connectivity index (χ1) is 7.18. The molecule has 0 unspecified atom stereocenters. The van der Waals surface area contributed by atoms with E-state index in [1.165, 1.54) is 37.3 Å². The Morgan fingerprint density at radius 2 is 2.00 bits per heavy atom. The molecule has 0 heterocycles. The minimum Gasteiger partial charge on any atom is -0.396 e. The fraction of sp³-hybridized carbons (Fsp3) is 0.538. The number of hydrogen-bond acceptors (Lipinski definition) is 1. The molecule has 1 aromatic carbocycles. The molecule has 0 saturated heterocycles. The zero-order valence-electron chi connectivity index (χ0n) is 9.17. The van der Waals surface area contributed by atoms with E-state index >= 15 is 0 Å². The van der Waals surface area contributed by atoms with Crippen LogP contribution in [0.4, 0.5) is 10.1 Å². The second-order valence-corrected chi connectivity index (χ2v) is 4.65. The fourth-order valence-corrected chi connectivity index (χ4v) is 2.60. The maximum absolute atomic E-state index is 13.0. The third-order valence-corrected chi connectivity index (χ3v) is 3.56. The monoisotopic (exact) mass is 207 g/mol. The predicted octanol–water partition coefficient (Wildman–Crippen LogP) is 3.70. The zero-order chi connectivity index (χ0) is 10.8. The van der Waals surface area contributed by atoms with Gasteiger partial charge in [-0.3, -0.25) is 0 Å². The normalized spacial score (nSPS) is 26.5. The van der Waals surface area contributed by atoms with E-state index in [1.807, 2.05) is 12.1 Å². The number of nitrogens with two attached hydrogens (primary N) is 1. The summed E-state index contributed by atoms with van der Waals surface area (Å²) in [5.41, 5.74) is 7.09. The summed E-state index contributed by atoms with van der Waals surface area (Å²) in [6.07, 6.45) is 5.11. The van der Waals surface area contributed by atoms with Crippen molar-refractivity contribution in [3.05, 3.63) is 29.6 Å². The molecular weight excluding hydrogens is 189 g/mol. The van der Waals surface area contributed by atoms with Gasteiger partial charge in [0.25, 0.3) is 0 Å². The summed E-state index contributed by atoms with van der Waals surface area (Å²) in [5, 5.41) is 0. The summed E-state index contributed by atoms with van der Waals surface area (Å²) < 4.78 is 13.0. The van der Waals surface area contributed by atoms with Crippen molar-refractivity contribution < 1.29 is 4.39 Å². The van der Waals surface area contributed by atoms with Crippen molar-refractivity contribution in [2.75, 3.05) is 5.73 Å². The lowest BCUT2D eigenvalue weighted by molar-refractivity contribution is 0.330. The number of anilines is 1. The van der Waals surface area contributed by atoms with E-state index in [2.05, 4.69) is 6.92 Å². The molecule has 0 bridgehead atoms. The molecule has 82 valence electrons. The van der Waals surface area contributed by atoms with Crippen LogP contribution >= 0.6 is 0 Å². The Hall–Kier alpha value is -1.05. The van der Waals surface area contributed by atoms with E-state index in [1.54, 1.807) is 0 Å². The number of nitrogen functional groups attached to an aromatic ring is 1. The van der Waals surface area contributed by atoms with Gasteiger partial charge in [-0.15, -0.1) is 0 Å². The van der Waals surface area contributed by atoms with Crippen molar-refractivity contribution >= 4 is 5.69 Å². The van der Waals surface area contributed by atoms with Gasteiger partial charge in [0.15, 0.2) is 0 Å². The van der Waals surface area contributed by atoms with E-state index in [9.17, 15) is 4.39 Å². The molecule has 1 saturated carbocycles. The summed E-state index contributed by atoms with van der Waals surface area (Å²) in [6, 6.07) is 5.19. The Morgan fingerprint density at radius 3 is 2.67 bits per heavy atom. The Morgan fingerprint density at radius 1 is 1.27 bits per heavy atom. The average molecular weight is 207 g/mol. The van der Waals surface area contributed by atoms with Crippen LogP contribution in [0.15, 0.2) is 18.2 Å². The maximum atomic E-state index is 13.0. The van der Waals surface area contributed by atoms with Crippen molar-refractivity contribution in [2.45, 2.75) is 38.5 Å². The van der Waals surface area contributed by atoms with Gasteiger partial charge in [-0.25, -0.2) is 4.39 Å². The SMILES string of the molecule is C[C@@H]1CCCC[C@H]1c1ccc(F)c(N)c1. The summed E-state index contributed by atoms with van der Waals surface area (Å²) in [4.78, 5) is 0. The van der Waals surface area contributed by atoms with E-state index in [0.29, 0.717) is 11.8 Å². The van der Waals surface area contributed by atoms with Gasteiger partial charge in [-0.05, 0) is 36.0 Å². The molecule has 1 aliphatic carbocycles. The van der Waals surface area contributed by atoms with Crippen molar-refractivity contribution in [3.8, 4) is 0 Å². The number of hydrogen-bond donors (Lipinski definition) is 1. The molecule has 2 N–H and O–H groups in total. The molecule has 1 fully saturated rings. The molecule has 1 nitrogen and oxygen atoms in total. The van der Waals surface area contributed by atoms with Gasteiger partial charge in [0.2, 0.25) is 0 Å². The van der Waals surface area contributed by atoms with Gasteiger partial charge in [-0.1, -0.05) is 32.3 Å².